The third-order valence-corrected chi connectivity index (χ3v) is 4.91. The molecule has 1 atom stereocenters. The van der Waals surface area contributed by atoms with Crippen LogP contribution in [0.4, 0.5) is 5.13 Å². The minimum Gasteiger partial charge on any atom is -0.349 e. The summed E-state index contributed by atoms with van der Waals surface area (Å²) < 4.78 is 0. The van der Waals surface area contributed by atoms with Gasteiger partial charge in [-0.05, 0) is 40.3 Å². The van der Waals surface area contributed by atoms with Gasteiger partial charge in [-0.1, -0.05) is 0 Å². The van der Waals surface area contributed by atoms with Gasteiger partial charge in [-0.2, -0.15) is 0 Å². The largest absolute Gasteiger partial charge is 0.349 e. The van der Waals surface area contributed by atoms with Gasteiger partial charge in [-0.3, -0.25) is 4.90 Å². The molecule has 0 aromatic carbocycles. The lowest BCUT2D eigenvalue weighted by Crippen LogP contribution is -2.43. The molecular weight excluding hydrogens is 256 g/mol. The van der Waals surface area contributed by atoms with Crippen LogP contribution in [0.25, 0.3) is 0 Å². The zero-order chi connectivity index (χ0) is 13.7. The second-order valence-corrected chi connectivity index (χ2v) is 6.24. The molecular formula is C14H26N4S. The first-order valence-electron chi connectivity index (χ1n) is 7.36. The number of hydrogen-bond donors (Lipinski definition) is 1. The summed E-state index contributed by atoms with van der Waals surface area (Å²) in [5, 5.41) is 4.57. The first kappa shape index (κ1) is 14.8. The Morgan fingerprint density at radius 3 is 2.95 bits per heavy atom. The summed E-state index contributed by atoms with van der Waals surface area (Å²) in [6.07, 6.45) is 4.66. The minimum atomic E-state index is 0.656. The highest BCUT2D eigenvalue weighted by Gasteiger charge is 2.19. The quantitative estimate of drug-likeness (QED) is 0.866. The van der Waals surface area contributed by atoms with E-state index in [4.69, 9.17) is 0 Å². The second-order valence-electron chi connectivity index (χ2n) is 5.14. The van der Waals surface area contributed by atoms with Crippen LogP contribution in [-0.4, -0.2) is 49.2 Å². The Morgan fingerprint density at radius 1 is 1.47 bits per heavy atom. The maximum atomic E-state index is 4.57. The molecule has 0 amide bonds. The van der Waals surface area contributed by atoms with Gasteiger partial charge in [0, 0.05) is 43.3 Å². The molecule has 1 fully saturated rings. The molecule has 1 aromatic heterocycles. The molecule has 0 aliphatic carbocycles. The molecule has 0 saturated carbocycles. The predicted octanol–water partition coefficient (Wildman–Crippen LogP) is 2.17. The molecule has 1 aliphatic heterocycles. The Kier molecular flexibility index (Phi) is 5.60. The van der Waals surface area contributed by atoms with Crippen molar-refractivity contribution in [2.45, 2.75) is 39.3 Å². The third kappa shape index (κ3) is 3.91. The van der Waals surface area contributed by atoms with E-state index in [2.05, 4.69) is 47.2 Å². The molecule has 0 radical (unpaired) electrons. The van der Waals surface area contributed by atoms with Gasteiger partial charge in [0.1, 0.15) is 0 Å². The van der Waals surface area contributed by atoms with Crippen LogP contribution in [0.3, 0.4) is 0 Å². The first-order valence-corrected chi connectivity index (χ1v) is 8.17. The average Bonchev–Trinajstić information content (AvgIpc) is 2.89. The number of rotatable bonds is 6. The average molecular weight is 282 g/mol. The molecule has 19 heavy (non-hydrogen) atoms. The van der Waals surface area contributed by atoms with E-state index in [-0.39, 0.29) is 0 Å². The molecule has 0 spiro atoms. The third-order valence-electron chi connectivity index (χ3n) is 3.87. The number of anilines is 1. The summed E-state index contributed by atoms with van der Waals surface area (Å²) in [6, 6.07) is 0.656. The van der Waals surface area contributed by atoms with Crippen LogP contribution in [0.2, 0.25) is 0 Å². The highest BCUT2D eigenvalue weighted by Crippen LogP contribution is 2.24. The maximum Gasteiger partial charge on any atom is 0.185 e. The number of thiazole rings is 1. The van der Waals surface area contributed by atoms with Crippen molar-refractivity contribution in [2.24, 2.45) is 0 Å². The van der Waals surface area contributed by atoms with E-state index < -0.39 is 0 Å². The zero-order valence-electron chi connectivity index (χ0n) is 12.4. The first-order chi connectivity index (χ1) is 9.26. The van der Waals surface area contributed by atoms with Crippen molar-refractivity contribution < 1.29 is 0 Å². The Hall–Kier alpha value is -0.650. The van der Waals surface area contributed by atoms with Gasteiger partial charge in [-0.25, -0.2) is 4.98 Å². The summed E-state index contributed by atoms with van der Waals surface area (Å²) in [7, 11) is 2.07. The van der Waals surface area contributed by atoms with Crippen molar-refractivity contribution in [1.82, 2.24) is 15.2 Å². The highest BCUT2D eigenvalue weighted by molar-refractivity contribution is 7.15. The van der Waals surface area contributed by atoms with Crippen LogP contribution < -0.4 is 10.2 Å². The van der Waals surface area contributed by atoms with Crippen molar-refractivity contribution in [3.8, 4) is 0 Å². The number of aromatic nitrogens is 1. The van der Waals surface area contributed by atoms with Gasteiger partial charge in [0.15, 0.2) is 5.13 Å². The normalized spacial score (nSPS) is 20.7. The fourth-order valence-corrected chi connectivity index (χ4v) is 3.75. The maximum absolute atomic E-state index is 4.57. The zero-order valence-corrected chi connectivity index (χ0v) is 13.2. The predicted molar refractivity (Wildman–Crippen MR) is 83.0 cm³/mol. The monoisotopic (exact) mass is 282 g/mol. The summed E-state index contributed by atoms with van der Waals surface area (Å²) in [5.74, 6) is 0. The second kappa shape index (κ2) is 7.22. The van der Waals surface area contributed by atoms with Crippen molar-refractivity contribution in [3.63, 3.8) is 0 Å². The van der Waals surface area contributed by atoms with Crippen LogP contribution in [0, 0.1) is 0 Å². The molecule has 1 saturated heterocycles. The SMILES string of the molecule is CCN(CC)c1ncc(CN2CCCC(NC)C2)s1. The molecule has 2 heterocycles. The summed E-state index contributed by atoms with van der Waals surface area (Å²) in [5.41, 5.74) is 0. The van der Waals surface area contributed by atoms with Gasteiger partial charge < -0.3 is 10.2 Å². The van der Waals surface area contributed by atoms with Crippen LogP contribution >= 0.6 is 11.3 Å². The Balaban J connectivity index is 1.92. The van der Waals surface area contributed by atoms with E-state index in [1.165, 1.54) is 29.4 Å². The summed E-state index contributed by atoms with van der Waals surface area (Å²) in [6.45, 7) is 9.88. The standard InChI is InChI=1S/C14H26N4S/c1-4-18(5-2)14-16-9-13(19-14)11-17-8-6-7-12(10-17)15-3/h9,12,15H,4-8,10-11H2,1-3H3. The Bertz CT molecular complexity index is 375. The van der Waals surface area contributed by atoms with E-state index in [1.54, 1.807) is 0 Å². The van der Waals surface area contributed by atoms with Gasteiger partial charge >= 0.3 is 0 Å². The Morgan fingerprint density at radius 2 is 2.26 bits per heavy atom. The number of nitrogens with one attached hydrogen (secondary N) is 1. The van der Waals surface area contributed by atoms with Gasteiger partial charge in [0.25, 0.3) is 0 Å². The molecule has 0 bridgehead atoms. The fraction of sp³-hybridized carbons (Fsp3) is 0.786. The number of likely N-dealkylation sites (tertiary alicyclic amines) is 1. The molecule has 1 aromatic rings. The molecule has 2 rings (SSSR count). The lowest BCUT2D eigenvalue weighted by Gasteiger charge is -2.32. The number of likely N-dealkylation sites (N-methyl/N-ethyl adjacent to an activating group) is 1. The molecule has 1 N–H and O–H groups in total. The lowest BCUT2D eigenvalue weighted by atomic mass is 10.1. The van der Waals surface area contributed by atoms with Crippen LogP contribution in [-0.2, 0) is 6.54 Å². The molecule has 5 heteroatoms. The summed E-state index contributed by atoms with van der Waals surface area (Å²) >= 11 is 1.85. The summed E-state index contributed by atoms with van der Waals surface area (Å²) in [4.78, 5) is 10.8. The topological polar surface area (TPSA) is 31.4 Å². The van der Waals surface area contributed by atoms with Crippen molar-refractivity contribution >= 4 is 16.5 Å². The van der Waals surface area contributed by atoms with E-state index in [0.717, 1.165) is 26.2 Å². The van der Waals surface area contributed by atoms with Gasteiger partial charge in [-0.15, -0.1) is 11.3 Å². The van der Waals surface area contributed by atoms with Crippen molar-refractivity contribution in [1.29, 1.82) is 0 Å². The fourth-order valence-electron chi connectivity index (χ4n) is 2.67. The van der Waals surface area contributed by atoms with E-state index in [1.807, 2.05) is 11.3 Å². The number of piperidine rings is 1. The highest BCUT2D eigenvalue weighted by atomic mass is 32.1. The number of nitrogens with zero attached hydrogens (tertiary/aromatic N) is 3. The molecule has 1 aliphatic rings. The van der Waals surface area contributed by atoms with E-state index in [9.17, 15) is 0 Å². The Labute approximate surface area is 120 Å². The smallest absolute Gasteiger partial charge is 0.185 e. The lowest BCUT2D eigenvalue weighted by molar-refractivity contribution is 0.189. The van der Waals surface area contributed by atoms with E-state index in [0.29, 0.717) is 6.04 Å². The van der Waals surface area contributed by atoms with Crippen LogP contribution in [0.5, 0.6) is 0 Å². The molecule has 108 valence electrons. The van der Waals surface area contributed by atoms with Crippen LogP contribution in [0.1, 0.15) is 31.6 Å². The van der Waals surface area contributed by atoms with Crippen LogP contribution in [0.15, 0.2) is 6.20 Å². The molecule has 1 unspecified atom stereocenters. The van der Waals surface area contributed by atoms with E-state index >= 15 is 0 Å². The minimum absolute atomic E-state index is 0.656. The van der Waals surface area contributed by atoms with Gasteiger partial charge in [0.05, 0.1) is 0 Å². The van der Waals surface area contributed by atoms with Crippen molar-refractivity contribution in [3.05, 3.63) is 11.1 Å². The van der Waals surface area contributed by atoms with Gasteiger partial charge in [0.2, 0.25) is 0 Å². The number of hydrogen-bond acceptors (Lipinski definition) is 5. The molecule has 4 nitrogen and oxygen atoms in total. The van der Waals surface area contributed by atoms with Crippen molar-refractivity contribution in [2.75, 3.05) is 38.1 Å².